The molecule has 0 saturated heterocycles. The molecule has 0 atom stereocenters. The molecule has 0 aliphatic rings. The number of pyridine rings is 1. The van der Waals surface area contributed by atoms with Gasteiger partial charge in [0.05, 0.1) is 6.54 Å². The van der Waals surface area contributed by atoms with Crippen LogP contribution in [0, 0.1) is 0 Å². The Bertz CT molecular complexity index is 551. The number of nitrogens with zero attached hydrogens (tertiary/aromatic N) is 4. The summed E-state index contributed by atoms with van der Waals surface area (Å²) in [4.78, 5) is 15.9. The lowest BCUT2D eigenvalue weighted by Gasteiger charge is -2.02. The number of thiocarbonyl (C=S) groups is 1. The second-order valence-electron chi connectivity index (χ2n) is 3.31. The van der Waals surface area contributed by atoms with Gasteiger partial charge in [0, 0.05) is 11.8 Å². The number of hydrogen-bond acceptors (Lipinski definition) is 6. The van der Waals surface area contributed by atoms with Crippen LogP contribution in [0.15, 0.2) is 18.3 Å². The topological polar surface area (TPSA) is 122 Å². The van der Waals surface area contributed by atoms with Crippen molar-refractivity contribution in [2.24, 2.45) is 5.73 Å². The fraction of sp³-hybridized carbons (Fsp3) is 0.111. The zero-order valence-electron chi connectivity index (χ0n) is 9.12. The molecule has 1 amide bonds. The Morgan fingerprint density at radius 2 is 2.33 bits per heavy atom. The maximum absolute atomic E-state index is 11.7. The molecule has 0 unspecified atom stereocenters. The van der Waals surface area contributed by atoms with Gasteiger partial charge >= 0.3 is 0 Å². The van der Waals surface area contributed by atoms with Gasteiger partial charge in [-0.25, -0.2) is 0 Å². The lowest BCUT2D eigenvalue weighted by molar-refractivity contribution is 0.0945. The zero-order valence-corrected chi connectivity index (χ0v) is 9.94. The molecule has 0 aliphatic carbocycles. The van der Waals surface area contributed by atoms with E-state index < -0.39 is 0 Å². The fourth-order valence-electron chi connectivity index (χ4n) is 1.18. The maximum atomic E-state index is 11.7. The highest BCUT2D eigenvalue weighted by molar-refractivity contribution is 7.80. The van der Waals surface area contributed by atoms with Gasteiger partial charge in [0.25, 0.3) is 5.91 Å². The highest BCUT2D eigenvalue weighted by Crippen LogP contribution is 2.00. The van der Waals surface area contributed by atoms with Gasteiger partial charge in [-0.1, -0.05) is 17.4 Å². The molecule has 18 heavy (non-hydrogen) atoms. The molecule has 0 radical (unpaired) electrons. The number of aromatic nitrogens is 5. The molecule has 4 N–H and O–H groups in total. The van der Waals surface area contributed by atoms with Crippen LogP contribution in [0.3, 0.4) is 0 Å². The average molecular weight is 263 g/mol. The Kier molecular flexibility index (Phi) is 3.53. The van der Waals surface area contributed by atoms with Crippen LogP contribution in [0.25, 0.3) is 0 Å². The second-order valence-corrected chi connectivity index (χ2v) is 3.75. The van der Waals surface area contributed by atoms with E-state index in [0.29, 0.717) is 11.4 Å². The van der Waals surface area contributed by atoms with Gasteiger partial charge in [-0.3, -0.25) is 9.78 Å². The summed E-state index contributed by atoms with van der Waals surface area (Å²) in [6.07, 6.45) is 1.45. The summed E-state index contributed by atoms with van der Waals surface area (Å²) in [6.45, 7) is 0.175. The first-order chi connectivity index (χ1) is 8.66. The van der Waals surface area contributed by atoms with E-state index in [2.05, 4.69) is 30.9 Å². The van der Waals surface area contributed by atoms with E-state index in [-0.39, 0.29) is 23.1 Å². The minimum atomic E-state index is -0.339. The number of carbonyl (C=O) groups excluding carboxylic acids is 1. The summed E-state index contributed by atoms with van der Waals surface area (Å²) >= 11 is 4.79. The second kappa shape index (κ2) is 5.27. The first-order valence-electron chi connectivity index (χ1n) is 4.93. The van der Waals surface area contributed by atoms with Crippen LogP contribution < -0.4 is 11.1 Å². The van der Waals surface area contributed by atoms with Gasteiger partial charge in [0.2, 0.25) is 0 Å². The standard InChI is InChI=1S/C9H9N7OS/c10-8(18)5-1-2-6(11-3-5)9(17)12-4-7-13-15-16-14-7/h1-3H,4H2,(H2,10,18)(H,12,17)(H,13,14,15,16). The summed E-state index contributed by atoms with van der Waals surface area (Å²) in [5.41, 5.74) is 6.30. The quantitative estimate of drug-likeness (QED) is 0.614. The van der Waals surface area contributed by atoms with Gasteiger partial charge in [-0.15, -0.1) is 10.2 Å². The maximum Gasteiger partial charge on any atom is 0.270 e. The van der Waals surface area contributed by atoms with Crippen LogP contribution in [0.1, 0.15) is 21.9 Å². The Labute approximate surface area is 107 Å². The number of tetrazole rings is 1. The number of carbonyl (C=O) groups is 1. The van der Waals surface area contributed by atoms with Crippen LogP contribution in [-0.4, -0.2) is 36.5 Å². The van der Waals surface area contributed by atoms with Crippen LogP contribution in [0.2, 0.25) is 0 Å². The van der Waals surface area contributed by atoms with Crippen molar-refractivity contribution in [2.75, 3.05) is 0 Å². The van der Waals surface area contributed by atoms with Gasteiger partial charge in [-0.2, -0.15) is 5.21 Å². The highest BCUT2D eigenvalue weighted by Gasteiger charge is 2.08. The third-order valence-corrected chi connectivity index (χ3v) is 2.31. The average Bonchev–Trinajstić information content (AvgIpc) is 2.89. The lowest BCUT2D eigenvalue weighted by Crippen LogP contribution is -2.24. The molecule has 2 rings (SSSR count). The molecule has 0 aliphatic heterocycles. The van der Waals surface area contributed by atoms with Gasteiger partial charge in [0.15, 0.2) is 5.82 Å². The van der Waals surface area contributed by atoms with Crippen molar-refractivity contribution in [3.8, 4) is 0 Å². The third kappa shape index (κ3) is 2.83. The molecule has 0 fully saturated rings. The normalized spacial score (nSPS) is 10.0. The number of H-pyrrole nitrogens is 1. The Morgan fingerprint density at radius 3 is 2.89 bits per heavy atom. The largest absolute Gasteiger partial charge is 0.389 e. The number of amides is 1. The van der Waals surface area contributed by atoms with Gasteiger partial charge < -0.3 is 11.1 Å². The molecule has 2 heterocycles. The molecule has 9 heteroatoms. The molecule has 0 saturated carbocycles. The van der Waals surface area contributed by atoms with Crippen molar-refractivity contribution in [1.29, 1.82) is 0 Å². The van der Waals surface area contributed by atoms with E-state index in [9.17, 15) is 4.79 Å². The predicted octanol–water partition coefficient (Wildman–Crippen LogP) is -0.841. The molecule has 0 spiro atoms. The van der Waals surface area contributed by atoms with E-state index in [4.69, 9.17) is 18.0 Å². The van der Waals surface area contributed by atoms with E-state index in [1.54, 1.807) is 12.1 Å². The van der Waals surface area contributed by atoms with Gasteiger partial charge in [0.1, 0.15) is 10.7 Å². The summed E-state index contributed by atoms with van der Waals surface area (Å²) in [5.74, 6) is 0.0531. The molecule has 0 bridgehead atoms. The molecule has 2 aromatic heterocycles. The number of aromatic amines is 1. The molecule has 8 nitrogen and oxygen atoms in total. The fourth-order valence-corrected chi connectivity index (χ4v) is 1.30. The first-order valence-corrected chi connectivity index (χ1v) is 5.34. The number of nitrogens with two attached hydrogens (primary N) is 1. The van der Waals surface area contributed by atoms with Crippen molar-refractivity contribution in [3.05, 3.63) is 35.4 Å². The minimum absolute atomic E-state index is 0.175. The summed E-state index contributed by atoms with van der Waals surface area (Å²) in [6, 6.07) is 3.18. The Morgan fingerprint density at radius 1 is 1.50 bits per heavy atom. The molecule has 2 aromatic rings. The zero-order chi connectivity index (χ0) is 13.0. The van der Waals surface area contributed by atoms with Crippen molar-refractivity contribution < 1.29 is 4.79 Å². The van der Waals surface area contributed by atoms with E-state index in [0.717, 1.165) is 0 Å². The lowest BCUT2D eigenvalue weighted by atomic mass is 10.2. The molecular weight excluding hydrogens is 254 g/mol. The smallest absolute Gasteiger partial charge is 0.270 e. The SMILES string of the molecule is NC(=S)c1ccc(C(=O)NCc2nn[nH]n2)nc1. The summed E-state index contributed by atoms with van der Waals surface area (Å²) < 4.78 is 0. The summed E-state index contributed by atoms with van der Waals surface area (Å²) in [5, 5.41) is 15.7. The summed E-state index contributed by atoms with van der Waals surface area (Å²) in [7, 11) is 0. The van der Waals surface area contributed by atoms with Crippen LogP contribution in [0.5, 0.6) is 0 Å². The molecular formula is C9H9N7OS. The van der Waals surface area contributed by atoms with Crippen molar-refractivity contribution in [1.82, 2.24) is 30.9 Å². The van der Waals surface area contributed by atoms with E-state index in [1.807, 2.05) is 0 Å². The molecule has 92 valence electrons. The number of rotatable bonds is 4. The first kappa shape index (κ1) is 12.0. The van der Waals surface area contributed by atoms with E-state index >= 15 is 0 Å². The Hall–Kier alpha value is -2.42. The van der Waals surface area contributed by atoms with Crippen LogP contribution in [0.4, 0.5) is 0 Å². The number of hydrogen-bond donors (Lipinski definition) is 3. The van der Waals surface area contributed by atoms with Gasteiger partial charge in [-0.05, 0) is 12.1 Å². The monoisotopic (exact) mass is 263 g/mol. The van der Waals surface area contributed by atoms with E-state index in [1.165, 1.54) is 6.20 Å². The van der Waals surface area contributed by atoms with Crippen LogP contribution >= 0.6 is 12.2 Å². The van der Waals surface area contributed by atoms with Crippen LogP contribution in [-0.2, 0) is 6.54 Å². The van der Waals surface area contributed by atoms with Crippen molar-refractivity contribution in [3.63, 3.8) is 0 Å². The highest BCUT2D eigenvalue weighted by atomic mass is 32.1. The Balaban J connectivity index is 1.98. The minimum Gasteiger partial charge on any atom is -0.389 e. The molecule has 0 aromatic carbocycles. The predicted molar refractivity (Wildman–Crippen MR) is 65.5 cm³/mol. The van der Waals surface area contributed by atoms with Crippen molar-refractivity contribution >= 4 is 23.1 Å². The third-order valence-electron chi connectivity index (χ3n) is 2.08. The van der Waals surface area contributed by atoms with Crippen molar-refractivity contribution in [2.45, 2.75) is 6.54 Å². The number of nitrogens with one attached hydrogen (secondary N) is 2.